The number of nitrogens with one attached hydrogen (secondary N) is 1. The van der Waals surface area contributed by atoms with Crippen LogP contribution in [0.3, 0.4) is 0 Å². The molecule has 142 valence electrons. The summed E-state index contributed by atoms with van der Waals surface area (Å²) < 4.78 is 0. The number of carbonyl (C=O) groups is 5. The van der Waals surface area contributed by atoms with Gasteiger partial charge in [0.25, 0.3) is 0 Å². The van der Waals surface area contributed by atoms with E-state index in [9.17, 15) is 24.0 Å². The molecule has 0 radical (unpaired) electrons. The topological polar surface area (TPSA) is 184 Å². The predicted molar refractivity (Wildman–Crippen MR) is 84.6 cm³/mol. The van der Waals surface area contributed by atoms with Gasteiger partial charge in [0.2, 0.25) is 5.91 Å². The monoisotopic (exact) mass is 360 g/mol. The molecule has 0 spiro atoms. The molecule has 25 heavy (non-hydrogen) atoms. The second kappa shape index (κ2) is 10.4. The molecule has 6 N–H and O–H groups in total. The molecule has 0 heterocycles. The van der Waals surface area contributed by atoms with E-state index in [1.807, 2.05) is 0 Å². The van der Waals surface area contributed by atoms with Gasteiger partial charge in [0.1, 0.15) is 0 Å². The van der Waals surface area contributed by atoms with Gasteiger partial charge in [-0.05, 0) is 12.3 Å². The first kappa shape index (κ1) is 22.5. The van der Waals surface area contributed by atoms with Gasteiger partial charge in [-0.1, -0.05) is 13.8 Å². The number of hydrogen-bond acceptors (Lipinski definition) is 6. The fourth-order valence-corrected chi connectivity index (χ4v) is 2.14. The maximum absolute atomic E-state index is 12.3. The van der Waals surface area contributed by atoms with Gasteiger partial charge in [-0.2, -0.15) is 0 Å². The van der Waals surface area contributed by atoms with Crippen LogP contribution in [0.2, 0.25) is 0 Å². The molecule has 0 saturated carbocycles. The van der Waals surface area contributed by atoms with Crippen molar-refractivity contribution >= 4 is 29.6 Å². The molecule has 0 aliphatic carbocycles. The van der Waals surface area contributed by atoms with E-state index in [1.54, 1.807) is 13.8 Å². The van der Waals surface area contributed by atoms with Crippen LogP contribution in [-0.4, -0.2) is 57.0 Å². The molecule has 0 aromatic heterocycles. The van der Waals surface area contributed by atoms with E-state index in [4.69, 9.17) is 21.1 Å². The van der Waals surface area contributed by atoms with Crippen LogP contribution in [0.4, 0.5) is 0 Å². The summed E-state index contributed by atoms with van der Waals surface area (Å²) in [5.41, 5.74) is 5.43. The summed E-state index contributed by atoms with van der Waals surface area (Å²) in [6, 6.07) is -2.38. The lowest BCUT2D eigenvalue weighted by atomic mass is 9.90. The zero-order chi connectivity index (χ0) is 19.7. The van der Waals surface area contributed by atoms with Crippen LogP contribution in [0.25, 0.3) is 0 Å². The fourth-order valence-electron chi connectivity index (χ4n) is 2.14. The molecule has 0 aliphatic rings. The van der Waals surface area contributed by atoms with Gasteiger partial charge in [0.05, 0.1) is 24.4 Å². The summed E-state index contributed by atoms with van der Waals surface area (Å²) in [4.78, 5) is 56.5. The molecule has 0 fully saturated rings. The number of carboxylic acid groups (broad SMARTS) is 3. The van der Waals surface area contributed by atoms with E-state index in [0.717, 1.165) is 0 Å². The Morgan fingerprint density at radius 3 is 1.92 bits per heavy atom. The molecule has 3 atom stereocenters. The largest absolute Gasteiger partial charge is 0.481 e. The van der Waals surface area contributed by atoms with Crippen molar-refractivity contribution in [1.29, 1.82) is 0 Å². The number of amides is 1. The third-order valence-electron chi connectivity index (χ3n) is 3.55. The van der Waals surface area contributed by atoms with Gasteiger partial charge < -0.3 is 26.4 Å². The Morgan fingerprint density at radius 1 is 0.960 bits per heavy atom. The zero-order valence-electron chi connectivity index (χ0n) is 14.1. The Balaban J connectivity index is 4.97. The molecule has 0 bridgehead atoms. The summed E-state index contributed by atoms with van der Waals surface area (Å²) in [6.45, 7) is 3.25. The van der Waals surface area contributed by atoms with Crippen molar-refractivity contribution in [2.24, 2.45) is 17.6 Å². The second-order valence-corrected chi connectivity index (χ2v) is 6.07. The summed E-state index contributed by atoms with van der Waals surface area (Å²) in [6.07, 6.45) is -1.67. The third-order valence-corrected chi connectivity index (χ3v) is 3.55. The molecule has 0 aromatic carbocycles. The lowest BCUT2D eigenvalue weighted by Gasteiger charge is -2.24. The van der Waals surface area contributed by atoms with Crippen molar-refractivity contribution in [3.8, 4) is 0 Å². The van der Waals surface area contributed by atoms with Crippen LogP contribution < -0.4 is 11.1 Å². The average molecular weight is 360 g/mol. The summed E-state index contributed by atoms with van der Waals surface area (Å²) in [5.74, 6) is -6.72. The number of ketones is 1. The number of nitrogens with two attached hydrogens (primary N) is 1. The highest BCUT2D eigenvalue weighted by molar-refractivity contribution is 5.93. The van der Waals surface area contributed by atoms with Gasteiger partial charge in [-0.3, -0.25) is 24.0 Å². The molecular formula is C15H24N2O8. The maximum atomic E-state index is 12.3. The first-order chi connectivity index (χ1) is 11.5. The highest BCUT2D eigenvalue weighted by Gasteiger charge is 2.31. The van der Waals surface area contributed by atoms with Crippen LogP contribution >= 0.6 is 0 Å². The lowest BCUT2D eigenvalue weighted by Crippen LogP contribution is -2.51. The van der Waals surface area contributed by atoms with E-state index in [1.165, 1.54) is 0 Å². The minimum Gasteiger partial charge on any atom is -0.481 e. The molecule has 3 unspecified atom stereocenters. The molecule has 0 aliphatic heterocycles. The van der Waals surface area contributed by atoms with E-state index in [0.29, 0.717) is 0 Å². The molecule has 10 heteroatoms. The summed E-state index contributed by atoms with van der Waals surface area (Å²) in [7, 11) is 0. The SMILES string of the molecule is CC(C)C(NC(=O)C(N)CC(=O)O)C(=O)CC(CCC(=O)O)C(=O)O. The van der Waals surface area contributed by atoms with Crippen LogP contribution in [0.1, 0.15) is 39.5 Å². The molecule has 0 aromatic rings. The van der Waals surface area contributed by atoms with Crippen LogP contribution in [-0.2, 0) is 24.0 Å². The molecular weight excluding hydrogens is 336 g/mol. The average Bonchev–Trinajstić information content (AvgIpc) is 2.46. The van der Waals surface area contributed by atoms with Crippen LogP contribution in [0.5, 0.6) is 0 Å². The molecule has 0 saturated heterocycles. The van der Waals surface area contributed by atoms with Gasteiger partial charge in [0.15, 0.2) is 5.78 Å². The van der Waals surface area contributed by atoms with E-state index < -0.39 is 66.9 Å². The van der Waals surface area contributed by atoms with Gasteiger partial charge >= 0.3 is 17.9 Å². The number of carbonyl (C=O) groups excluding carboxylic acids is 2. The van der Waals surface area contributed by atoms with E-state index in [2.05, 4.69) is 5.32 Å². The Hall–Kier alpha value is -2.49. The Labute approximate surface area is 144 Å². The van der Waals surface area contributed by atoms with E-state index in [-0.39, 0.29) is 12.3 Å². The van der Waals surface area contributed by atoms with Crippen molar-refractivity contribution in [3.05, 3.63) is 0 Å². The highest BCUT2D eigenvalue weighted by atomic mass is 16.4. The fraction of sp³-hybridized carbons (Fsp3) is 0.667. The molecule has 0 rings (SSSR count). The number of Topliss-reactive ketones (excluding diaryl/α,β-unsaturated/α-hetero) is 1. The Kier molecular flexibility index (Phi) is 9.36. The lowest BCUT2D eigenvalue weighted by molar-refractivity contribution is -0.145. The van der Waals surface area contributed by atoms with Crippen molar-refractivity contribution < 1.29 is 39.3 Å². The second-order valence-electron chi connectivity index (χ2n) is 6.07. The van der Waals surface area contributed by atoms with Crippen molar-refractivity contribution in [2.75, 3.05) is 0 Å². The van der Waals surface area contributed by atoms with Crippen LogP contribution in [0.15, 0.2) is 0 Å². The molecule has 10 nitrogen and oxygen atoms in total. The highest BCUT2D eigenvalue weighted by Crippen LogP contribution is 2.16. The van der Waals surface area contributed by atoms with Crippen molar-refractivity contribution in [1.82, 2.24) is 5.32 Å². The minimum absolute atomic E-state index is 0.215. The number of carboxylic acids is 3. The minimum atomic E-state index is -1.34. The van der Waals surface area contributed by atoms with Gasteiger partial charge in [0, 0.05) is 12.8 Å². The predicted octanol–water partition coefficient (Wildman–Crippen LogP) is -0.546. The molecule has 1 amide bonds. The van der Waals surface area contributed by atoms with Crippen molar-refractivity contribution in [3.63, 3.8) is 0 Å². The summed E-state index contributed by atoms with van der Waals surface area (Å²) >= 11 is 0. The standard InChI is InChI=1S/C15H24N2O8/c1-7(2)13(17-14(23)9(16)6-12(21)22)10(18)5-8(15(24)25)3-4-11(19)20/h7-9,13H,3-6,16H2,1-2H3,(H,17,23)(H,19,20)(H,21,22)(H,24,25). The normalized spacial score (nSPS) is 14.4. The number of aliphatic carboxylic acids is 3. The van der Waals surface area contributed by atoms with Crippen molar-refractivity contribution in [2.45, 2.75) is 51.6 Å². The van der Waals surface area contributed by atoms with Gasteiger partial charge in [-0.25, -0.2) is 0 Å². The number of hydrogen-bond donors (Lipinski definition) is 5. The third kappa shape index (κ3) is 8.80. The first-order valence-electron chi connectivity index (χ1n) is 7.70. The Bertz CT molecular complexity index is 532. The zero-order valence-corrected chi connectivity index (χ0v) is 14.1. The summed E-state index contributed by atoms with van der Waals surface area (Å²) in [5, 5.41) is 28.7. The first-order valence-corrected chi connectivity index (χ1v) is 7.70. The smallest absolute Gasteiger partial charge is 0.306 e. The van der Waals surface area contributed by atoms with Crippen LogP contribution in [0, 0.1) is 11.8 Å². The Morgan fingerprint density at radius 2 is 1.52 bits per heavy atom. The van der Waals surface area contributed by atoms with E-state index >= 15 is 0 Å². The van der Waals surface area contributed by atoms with Gasteiger partial charge in [-0.15, -0.1) is 0 Å². The maximum Gasteiger partial charge on any atom is 0.306 e. The number of rotatable bonds is 12. The quantitative estimate of drug-likeness (QED) is 0.305.